The van der Waals surface area contributed by atoms with E-state index in [0.29, 0.717) is 6.61 Å². The highest BCUT2D eigenvalue weighted by Gasteiger charge is 2.13. The van der Waals surface area contributed by atoms with Gasteiger partial charge in [-0.2, -0.15) is 0 Å². The number of rotatable bonds is 8. The van der Waals surface area contributed by atoms with Gasteiger partial charge in [0.25, 0.3) is 0 Å². The summed E-state index contributed by atoms with van der Waals surface area (Å²) < 4.78 is 18.2. The highest BCUT2D eigenvalue weighted by atomic mass is 79.9. The average molecular weight is 420 g/mol. The maximum atomic E-state index is 6.16. The van der Waals surface area contributed by atoms with Crippen molar-refractivity contribution >= 4 is 15.9 Å². The number of hydrogen-bond acceptors (Lipinski definition) is 4. The second-order valence-electron chi connectivity index (χ2n) is 6.42. The summed E-state index contributed by atoms with van der Waals surface area (Å²) in [5.74, 6) is 1.65. The first-order chi connectivity index (χ1) is 12.8. The largest absolute Gasteiger partial charge is 0.493 e. The average Bonchev–Trinajstić information content (AvgIpc) is 2.67. The summed E-state index contributed by atoms with van der Waals surface area (Å²) in [6, 6.07) is 14.3. The quantitative estimate of drug-likeness (QED) is 0.637. The van der Waals surface area contributed by atoms with Gasteiger partial charge in [-0.3, -0.25) is 4.90 Å². The van der Waals surface area contributed by atoms with Crippen molar-refractivity contribution < 1.29 is 14.2 Å². The zero-order valence-electron chi connectivity index (χ0n) is 15.2. The van der Waals surface area contributed by atoms with E-state index in [2.05, 4.69) is 39.0 Å². The second-order valence-corrected chi connectivity index (χ2v) is 7.34. The molecule has 26 heavy (non-hydrogen) atoms. The zero-order chi connectivity index (χ0) is 18.2. The minimum Gasteiger partial charge on any atom is -0.493 e. The van der Waals surface area contributed by atoms with Crippen LogP contribution in [-0.4, -0.2) is 44.9 Å². The number of halogens is 1. The molecule has 1 aliphatic rings. The predicted molar refractivity (Wildman–Crippen MR) is 107 cm³/mol. The molecule has 2 aromatic carbocycles. The van der Waals surface area contributed by atoms with Crippen LogP contribution in [0.4, 0.5) is 0 Å². The Bertz CT molecular complexity index is 701. The lowest BCUT2D eigenvalue weighted by molar-refractivity contribution is 0.0374. The molecular formula is C21H26BrNO3. The Hall–Kier alpha value is -1.56. The third kappa shape index (κ3) is 5.47. The molecule has 0 aliphatic carbocycles. The molecule has 0 bridgehead atoms. The fourth-order valence-electron chi connectivity index (χ4n) is 3.18. The maximum Gasteiger partial charge on any atom is 0.164 e. The first-order valence-corrected chi connectivity index (χ1v) is 9.89. The van der Waals surface area contributed by atoms with E-state index in [1.165, 1.54) is 5.56 Å². The highest BCUT2D eigenvalue weighted by molar-refractivity contribution is 9.10. The molecule has 5 heteroatoms. The topological polar surface area (TPSA) is 30.9 Å². The van der Waals surface area contributed by atoms with Crippen molar-refractivity contribution in [1.29, 1.82) is 0 Å². The normalized spacial score (nSPS) is 15.0. The van der Waals surface area contributed by atoms with Crippen LogP contribution in [0, 0.1) is 0 Å². The van der Waals surface area contributed by atoms with Gasteiger partial charge in [0.2, 0.25) is 0 Å². The van der Waals surface area contributed by atoms with E-state index >= 15 is 0 Å². The van der Waals surface area contributed by atoms with Crippen LogP contribution in [-0.2, 0) is 17.8 Å². The van der Waals surface area contributed by atoms with E-state index in [1.807, 2.05) is 24.3 Å². The minimum atomic E-state index is 0.524. The lowest BCUT2D eigenvalue weighted by atomic mass is 10.1. The molecule has 0 unspecified atom stereocenters. The van der Waals surface area contributed by atoms with Crippen LogP contribution in [0.25, 0.3) is 0 Å². The first kappa shape index (κ1) is 19.2. The van der Waals surface area contributed by atoms with Crippen molar-refractivity contribution in [2.24, 2.45) is 0 Å². The van der Waals surface area contributed by atoms with Crippen LogP contribution in [0.15, 0.2) is 46.9 Å². The molecule has 0 radical (unpaired) electrons. The van der Waals surface area contributed by atoms with Crippen molar-refractivity contribution in [2.75, 3.05) is 40.0 Å². The van der Waals surface area contributed by atoms with Crippen molar-refractivity contribution in [3.8, 4) is 11.5 Å². The van der Waals surface area contributed by atoms with Crippen LogP contribution in [0.2, 0.25) is 0 Å². The fraction of sp³-hybridized carbons (Fsp3) is 0.429. The van der Waals surface area contributed by atoms with E-state index in [9.17, 15) is 0 Å². The molecule has 0 N–H and O–H groups in total. The Kier molecular flexibility index (Phi) is 7.35. The number of methoxy groups -OCH3 is 1. The molecule has 0 saturated carbocycles. The summed E-state index contributed by atoms with van der Waals surface area (Å²) in [5.41, 5.74) is 2.33. The number of aryl methyl sites for hydroxylation is 1. The summed E-state index contributed by atoms with van der Waals surface area (Å²) in [7, 11) is 1.69. The zero-order valence-corrected chi connectivity index (χ0v) is 16.8. The van der Waals surface area contributed by atoms with Gasteiger partial charge in [0.1, 0.15) is 6.61 Å². The summed E-state index contributed by atoms with van der Waals surface area (Å²) >= 11 is 3.51. The standard InChI is InChI=1S/C21H26BrNO3/c1-24-20-9-3-6-18(7-4-10-23-11-13-25-14-12-23)21(20)26-16-17-5-2-8-19(22)15-17/h2-3,5-6,8-9,15H,4,7,10-14,16H2,1H3. The summed E-state index contributed by atoms with van der Waals surface area (Å²) in [6.45, 7) is 5.37. The van der Waals surface area contributed by atoms with Crippen molar-refractivity contribution in [3.05, 3.63) is 58.1 Å². The molecule has 0 atom stereocenters. The molecule has 1 fully saturated rings. The maximum absolute atomic E-state index is 6.16. The van der Waals surface area contributed by atoms with Gasteiger partial charge in [-0.1, -0.05) is 40.2 Å². The van der Waals surface area contributed by atoms with E-state index in [0.717, 1.165) is 67.2 Å². The molecule has 2 aromatic rings. The summed E-state index contributed by atoms with van der Waals surface area (Å²) in [4.78, 5) is 2.46. The Labute approximate surface area is 164 Å². The summed E-state index contributed by atoms with van der Waals surface area (Å²) in [5, 5.41) is 0. The molecule has 0 spiro atoms. The van der Waals surface area contributed by atoms with Gasteiger partial charge in [-0.25, -0.2) is 0 Å². The van der Waals surface area contributed by atoms with Crippen LogP contribution >= 0.6 is 15.9 Å². The third-order valence-corrected chi connectivity index (χ3v) is 5.07. The molecule has 1 aliphatic heterocycles. The molecular weight excluding hydrogens is 394 g/mol. The second kappa shape index (κ2) is 9.95. The predicted octanol–water partition coefficient (Wildman–Crippen LogP) is 4.30. The molecule has 1 saturated heterocycles. The number of nitrogens with zero attached hydrogens (tertiary/aromatic N) is 1. The number of hydrogen-bond donors (Lipinski definition) is 0. The van der Waals surface area contributed by atoms with Gasteiger partial charge in [-0.15, -0.1) is 0 Å². The Morgan fingerprint density at radius 3 is 2.69 bits per heavy atom. The molecule has 140 valence electrons. The van der Waals surface area contributed by atoms with Crippen LogP contribution in [0.1, 0.15) is 17.5 Å². The number of benzene rings is 2. The Morgan fingerprint density at radius 2 is 1.92 bits per heavy atom. The smallest absolute Gasteiger partial charge is 0.164 e. The van der Waals surface area contributed by atoms with E-state index < -0.39 is 0 Å². The number of morpholine rings is 1. The molecule has 3 rings (SSSR count). The van der Waals surface area contributed by atoms with Crippen LogP contribution in [0.5, 0.6) is 11.5 Å². The van der Waals surface area contributed by atoms with E-state index in [-0.39, 0.29) is 0 Å². The lowest BCUT2D eigenvalue weighted by Gasteiger charge is -2.26. The molecule has 0 amide bonds. The van der Waals surface area contributed by atoms with Gasteiger partial charge < -0.3 is 14.2 Å². The molecule has 4 nitrogen and oxygen atoms in total. The molecule has 0 aromatic heterocycles. The van der Waals surface area contributed by atoms with Crippen molar-refractivity contribution in [2.45, 2.75) is 19.4 Å². The van der Waals surface area contributed by atoms with Gasteiger partial charge >= 0.3 is 0 Å². The van der Waals surface area contributed by atoms with Crippen LogP contribution in [0.3, 0.4) is 0 Å². The number of ether oxygens (including phenoxy) is 3. The fourth-order valence-corrected chi connectivity index (χ4v) is 3.63. The van der Waals surface area contributed by atoms with Gasteiger partial charge in [-0.05, 0) is 48.7 Å². The van der Waals surface area contributed by atoms with Gasteiger partial charge in [0.15, 0.2) is 11.5 Å². The number of para-hydroxylation sites is 1. The Morgan fingerprint density at radius 1 is 1.12 bits per heavy atom. The molecule has 1 heterocycles. The lowest BCUT2D eigenvalue weighted by Crippen LogP contribution is -2.36. The van der Waals surface area contributed by atoms with Gasteiger partial charge in [0, 0.05) is 17.6 Å². The van der Waals surface area contributed by atoms with Crippen molar-refractivity contribution in [1.82, 2.24) is 4.90 Å². The van der Waals surface area contributed by atoms with E-state index in [1.54, 1.807) is 7.11 Å². The SMILES string of the molecule is COc1cccc(CCCN2CCOCC2)c1OCc1cccc(Br)c1. The first-order valence-electron chi connectivity index (χ1n) is 9.09. The van der Waals surface area contributed by atoms with E-state index in [4.69, 9.17) is 14.2 Å². The monoisotopic (exact) mass is 419 g/mol. The summed E-state index contributed by atoms with van der Waals surface area (Å²) in [6.07, 6.45) is 2.07. The van der Waals surface area contributed by atoms with Crippen LogP contribution < -0.4 is 9.47 Å². The minimum absolute atomic E-state index is 0.524. The van der Waals surface area contributed by atoms with Crippen molar-refractivity contribution in [3.63, 3.8) is 0 Å². The highest BCUT2D eigenvalue weighted by Crippen LogP contribution is 2.32. The third-order valence-electron chi connectivity index (χ3n) is 4.58. The Balaban J connectivity index is 1.63. The van der Waals surface area contributed by atoms with Gasteiger partial charge in [0.05, 0.1) is 20.3 Å².